The lowest BCUT2D eigenvalue weighted by atomic mass is 9.46. The molecule has 7 aliphatic rings. The number of rotatable bonds is 4. The van der Waals surface area contributed by atoms with Gasteiger partial charge in [0.15, 0.2) is 18.0 Å². The van der Waals surface area contributed by atoms with Crippen molar-refractivity contribution in [3.63, 3.8) is 0 Å². The van der Waals surface area contributed by atoms with Crippen LogP contribution in [-0.4, -0.2) is 123 Å². The number of aliphatic hydroxyl groups excluding tert-OH is 5. The first-order valence-electron chi connectivity index (χ1n) is 12.5. The Bertz CT molecular complexity index is 1090. The van der Waals surface area contributed by atoms with E-state index in [2.05, 4.69) is 0 Å². The molecule has 204 valence electrons. The van der Waals surface area contributed by atoms with Gasteiger partial charge in [-0.2, -0.15) is 0 Å². The number of hydrogen-bond acceptors (Lipinski definition) is 13. The molecule has 0 aromatic heterocycles. The maximum atomic E-state index is 13.1. The van der Waals surface area contributed by atoms with Gasteiger partial charge in [-0.05, 0) is 19.4 Å². The second-order valence-electron chi connectivity index (χ2n) is 11.7. The van der Waals surface area contributed by atoms with Crippen LogP contribution in [0.4, 0.5) is 0 Å². The lowest BCUT2D eigenvalue weighted by Gasteiger charge is -2.53. The molecular formula is C24H30O13. The fourth-order valence-electron chi connectivity index (χ4n) is 8.02. The number of carbonyl (C=O) groups excluding carboxylic acids is 2. The van der Waals surface area contributed by atoms with Crippen LogP contribution < -0.4 is 0 Å². The smallest absolute Gasteiger partial charge is 0.331 e. The van der Waals surface area contributed by atoms with Gasteiger partial charge in [-0.3, -0.25) is 4.79 Å². The average molecular weight is 526 g/mol. The Morgan fingerprint density at radius 3 is 2.41 bits per heavy atom. The highest BCUT2D eigenvalue weighted by Crippen LogP contribution is 2.75. The number of esters is 2. The molecule has 2 saturated carbocycles. The van der Waals surface area contributed by atoms with E-state index in [-0.39, 0.29) is 0 Å². The van der Waals surface area contributed by atoms with E-state index in [4.69, 9.17) is 28.4 Å². The standard InChI is InChI=1S/C24H30O13/c1-6(32-20-12(29)11(28)10(27)7(5-25)33-20)17-24-8(4-9(26)34-17)22(2)15-13(19(24)37-24)36-21(31)23(15,3)16(30)14-18(22)35-14/h4,6-7,10-20,25,27-30H,5H2,1-3H3/t6-,7-,10-,11+,12-,13+,14-,15+,16+,17-,18-,19-,20-,22-,23-,24-/m1/s1. The van der Waals surface area contributed by atoms with Gasteiger partial charge in [0.25, 0.3) is 0 Å². The Balaban J connectivity index is 1.24. The Kier molecular flexibility index (Phi) is 4.80. The second kappa shape index (κ2) is 7.29. The van der Waals surface area contributed by atoms with Crippen molar-refractivity contribution in [3.05, 3.63) is 11.6 Å². The molecule has 5 aliphatic heterocycles. The van der Waals surface area contributed by atoms with Crippen molar-refractivity contribution >= 4 is 11.9 Å². The number of carbonyl (C=O) groups is 2. The van der Waals surface area contributed by atoms with Crippen LogP contribution in [0.3, 0.4) is 0 Å². The SMILES string of the molecule is C[C@@H](O[C@@H]1O[C@H](CO)[C@@H](O)[C@H](O)[C@H]1O)[C@H]1OC(=O)C=C2[C@]3(C)[C@@H]4[C@H](OC(=O)[C@@]4(C)[C@@H](O)[C@H]4O[C@H]43)[C@H]3O[C@@]231. The van der Waals surface area contributed by atoms with E-state index >= 15 is 0 Å². The summed E-state index contributed by atoms with van der Waals surface area (Å²) in [6.07, 6.45) is -11.6. The van der Waals surface area contributed by atoms with Gasteiger partial charge < -0.3 is 54.0 Å². The Hall–Kier alpha value is -1.68. The van der Waals surface area contributed by atoms with E-state index in [1.165, 1.54) is 6.08 Å². The number of hydrogen-bond donors (Lipinski definition) is 5. The summed E-state index contributed by atoms with van der Waals surface area (Å²) in [5, 5.41) is 51.1. The van der Waals surface area contributed by atoms with Crippen LogP contribution in [0.1, 0.15) is 20.8 Å². The Morgan fingerprint density at radius 1 is 0.973 bits per heavy atom. The first kappa shape index (κ1) is 24.4. The molecule has 5 heterocycles. The average Bonchev–Trinajstić information content (AvgIpc) is 3.77. The van der Waals surface area contributed by atoms with Crippen LogP contribution in [-0.2, 0) is 38.0 Å². The minimum Gasteiger partial charge on any atom is -0.459 e. The maximum Gasteiger partial charge on any atom is 0.331 e. The molecule has 37 heavy (non-hydrogen) atoms. The molecule has 0 unspecified atom stereocenters. The molecule has 1 spiro atoms. The molecule has 13 heteroatoms. The maximum absolute atomic E-state index is 13.1. The third-order valence-electron chi connectivity index (χ3n) is 9.88. The Morgan fingerprint density at radius 2 is 1.70 bits per heavy atom. The van der Waals surface area contributed by atoms with Gasteiger partial charge in [0.1, 0.15) is 48.1 Å². The summed E-state index contributed by atoms with van der Waals surface area (Å²) >= 11 is 0. The fourth-order valence-corrected chi connectivity index (χ4v) is 8.02. The zero-order chi connectivity index (χ0) is 26.4. The van der Waals surface area contributed by atoms with Gasteiger partial charge in [0, 0.05) is 17.4 Å². The molecule has 0 amide bonds. The van der Waals surface area contributed by atoms with Crippen molar-refractivity contribution in [1.29, 1.82) is 0 Å². The van der Waals surface area contributed by atoms with Crippen molar-refractivity contribution in [2.45, 2.75) is 99.8 Å². The number of aliphatic hydroxyl groups is 5. The normalized spacial score (nSPS) is 59.6. The largest absolute Gasteiger partial charge is 0.459 e. The third kappa shape index (κ3) is 2.70. The molecule has 6 fully saturated rings. The molecule has 13 nitrogen and oxygen atoms in total. The van der Waals surface area contributed by atoms with Crippen molar-refractivity contribution < 1.29 is 63.5 Å². The predicted molar refractivity (Wildman–Crippen MR) is 114 cm³/mol. The second-order valence-corrected chi connectivity index (χ2v) is 11.7. The minimum absolute atomic E-state index is 0.459. The zero-order valence-electron chi connectivity index (χ0n) is 20.3. The number of ether oxygens (including phenoxy) is 6. The van der Waals surface area contributed by atoms with E-state index in [1.807, 2.05) is 6.92 Å². The van der Waals surface area contributed by atoms with Gasteiger partial charge >= 0.3 is 11.9 Å². The lowest BCUT2D eigenvalue weighted by molar-refractivity contribution is -0.317. The van der Waals surface area contributed by atoms with Crippen LogP contribution in [0.5, 0.6) is 0 Å². The molecule has 0 aromatic carbocycles. The van der Waals surface area contributed by atoms with Gasteiger partial charge in [-0.25, -0.2) is 4.79 Å². The van der Waals surface area contributed by atoms with Gasteiger partial charge in [0.2, 0.25) is 0 Å². The highest BCUT2D eigenvalue weighted by Gasteiger charge is 2.89. The zero-order valence-corrected chi connectivity index (χ0v) is 20.3. The molecule has 5 N–H and O–H groups in total. The Labute approximate surface area is 210 Å². The van der Waals surface area contributed by atoms with E-state index < -0.39 is 114 Å². The van der Waals surface area contributed by atoms with Crippen molar-refractivity contribution in [2.24, 2.45) is 16.7 Å². The molecule has 7 rings (SSSR count). The van der Waals surface area contributed by atoms with Crippen LogP contribution in [0.25, 0.3) is 0 Å². The topological polar surface area (TPSA) is 197 Å². The number of fused-ring (bicyclic) bond motifs is 4. The van der Waals surface area contributed by atoms with Crippen molar-refractivity contribution in [3.8, 4) is 0 Å². The highest BCUT2D eigenvalue weighted by atomic mass is 16.7. The van der Waals surface area contributed by atoms with Gasteiger partial charge in [0.05, 0.1) is 24.9 Å². The molecule has 4 saturated heterocycles. The van der Waals surface area contributed by atoms with E-state index in [0.29, 0.717) is 5.57 Å². The lowest BCUT2D eigenvalue weighted by Crippen LogP contribution is -2.66. The summed E-state index contributed by atoms with van der Waals surface area (Å²) in [7, 11) is 0. The minimum atomic E-state index is -1.65. The summed E-state index contributed by atoms with van der Waals surface area (Å²) in [6.45, 7) is 4.52. The summed E-state index contributed by atoms with van der Waals surface area (Å²) in [5.74, 6) is -1.71. The monoisotopic (exact) mass is 526 g/mol. The molecule has 16 atom stereocenters. The first-order valence-corrected chi connectivity index (χ1v) is 12.5. The summed E-state index contributed by atoms with van der Waals surface area (Å²) < 4.78 is 35.0. The molecular weight excluding hydrogens is 496 g/mol. The number of cyclic esters (lactones) is 1. The summed E-state index contributed by atoms with van der Waals surface area (Å²) in [6, 6.07) is 0. The van der Waals surface area contributed by atoms with E-state index in [1.54, 1.807) is 13.8 Å². The van der Waals surface area contributed by atoms with Crippen LogP contribution in [0, 0.1) is 16.7 Å². The van der Waals surface area contributed by atoms with Crippen molar-refractivity contribution in [2.75, 3.05) is 6.61 Å². The molecule has 0 bridgehead atoms. The van der Waals surface area contributed by atoms with Gasteiger partial charge in [-0.15, -0.1) is 0 Å². The van der Waals surface area contributed by atoms with Crippen LogP contribution in [0.15, 0.2) is 11.6 Å². The molecule has 0 aromatic rings. The highest BCUT2D eigenvalue weighted by molar-refractivity contribution is 5.88. The van der Waals surface area contributed by atoms with E-state index in [9.17, 15) is 35.1 Å². The third-order valence-corrected chi connectivity index (χ3v) is 9.88. The van der Waals surface area contributed by atoms with E-state index in [0.717, 1.165) is 0 Å². The molecule has 2 aliphatic carbocycles. The summed E-state index contributed by atoms with van der Waals surface area (Å²) in [5.41, 5.74) is -2.75. The first-order chi connectivity index (χ1) is 17.4. The summed E-state index contributed by atoms with van der Waals surface area (Å²) in [4.78, 5) is 26.0. The van der Waals surface area contributed by atoms with Crippen LogP contribution >= 0.6 is 0 Å². The number of epoxide rings is 2. The quantitative estimate of drug-likeness (QED) is 0.182. The predicted octanol–water partition coefficient (Wildman–Crippen LogP) is -3.11. The fraction of sp³-hybridized carbons (Fsp3) is 0.833. The van der Waals surface area contributed by atoms with Crippen molar-refractivity contribution in [1.82, 2.24) is 0 Å². The molecule has 0 radical (unpaired) electrons. The van der Waals surface area contributed by atoms with Gasteiger partial charge in [-0.1, -0.05) is 6.92 Å². The van der Waals surface area contributed by atoms with Crippen LogP contribution in [0.2, 0.25) is 0 Å².